The molecule has 0 heterocycles. The highest BCUT2D eigenvalue weighted by Crippen LogP contribution is 2.13. The van der Waals surface area contributed by atoms with Gasteiger partial charge in [0.25, 0.3) is 0 Å². The van der Waals surface area contributed by atoms with Crippen LogP contribution in [0.3, 0.4) is 0 Å². The molecule has 0 unspecified atom stereocenters. The quantitative estimate of drug-likeness (QED) is 0.128. The lowest BCUT2D eigenvalue weighted by Crippen LogP contribution is -2.40. The molecule has 0 saturated heterocycles. The average Bonchev–Trinajstić information content (AvgIpc) is 2.62. The Balaban J connectivity index is 0. The van der Waals surface area contributed by atoms with E-state index in [9.17, 15) is 4.79 Å². The van der Waals surface area contributed by atoms with Crippen molar-refractivity contribution in [3.8, 4) is 0 Å². The summed E-state index contributed by atoms with van der Waals surface area (Å²) in [5.41, 5.74) is 0. The SMILES string of the molecule is CCCCCCCCC=CCCCCCCCCCCCC(=O)[N+](C)(C)C.[OH-]. The molecule has 28 heavy (non-hydrogen) atoms. The first kappa shape index (κ1) is 29.5. The normalized spacial score (nSPS) is 11.7. The highest BCUT2D eigenvalue weighted by molar-refractivity contribution is 5.68. The van der Waals surface area contributed by atoms with Gasteiger partial charge in [-0.05, 0) is 32.1 Å². The summed E-state index contributed by atoms with van der Waals surface area (Å²) in [5, 5.41) is 0. The molecule has 0 fully saturated rings. The summed E-state index contributed by atoms with van der Waals surface area (Å²) >= 11 is 0. The van der Waals surface area contributed by atoms with Crippen LogP contribution in [0.2, 0.25) is 0 Å². The third kappa shape index (κ3) is 21.6. The van der Waals surface area contributed by atoms with Crippen LogP contribution in [0, 0.1) is 0 Å². The van der Waals surface area contributed by atoms with Crippen LogP contribution in [-0.4, -0.2) is 37.0 Å². The molecule has 0 aromatic carbocycles. The second kappa shape index (κ2) is 21.0. The van der Waals surface area contributed by atoms with Crippen molar-refractivity contribution in [2.24, 2.45) is 0 Å². The molecule has 168 valence electrons. The van der Waals surface area contributed by atoms with E-state index in [1.165, 1.54) is 103 Å². The third-order valence-electron chi connectivity index (χ3n) is 5.40. The van der Waals surface area contributed by atoms with Crippen molar-refractivity contribution < 1.29 is 14.8 Å². The lowest BCUT2D eigenvalue weighted by Gasteiger charge is -2.20. The van der Waals surface area contributed by atoms with E-state index in [4.69, 9.17) is 0 Å². The molecule has 1 amide bonds. The molecule has 0 radical (unpaired) electrons. The van der Waals surface area contributed by atoms with Crippen molar-refractivity contribution in [2.75, 3.05) is 21.1 Å². The van der Waals surface area contributed by atoms with Gasteiger partial charge in [-0.2, -0.15) is 0 Å². The molecule has 0 atom stereocenters. The van der Waals surface area contributed by atoms with Gasteiger partial charge in [0.05, 0.1) is 27.6 Å². The standard InChI is InChI=1S/C25H50NO.H2O/c1-5-6-7-8-9-10-11-12-13-14-15-16-17-18-19-20-21-22-23-24-25(27)26(2,3)4;/h12-13H,5-11,14-24H2,1-4H3;1H2/q+1;/p-1. The van der Waals surface area contributed by atoms with E-state index < -0.39 is 0 Å². The van der Waals surface area contributed by atoms with E-state index in [1.807, 2.05) is 21.1 Å². The summed E-state index contributed by atoms with van der Waals surface area (Å²) in [4.78, 5) is 11.8. The van der Waals surface area contributed by atoms with Crippen molar-refractivity contribution in [3.05, 3.63) is 12.2 Å². The smallest absolute Gasteiger partial charge is 0.313 e. The van der Waals surface area contributed by atoms with Crippen LogP contribution in [0.15, 0.2) is 12.2 Å². The topological polar surface area (TPSA) is 47.1 Å². The first-order chi connectivity index (χ1) is 13.0. The fourth-order valence-electron chi connectivity index (χ4n) is 3.39. The fraction of sp³-hybridized carbons (Fsp3) is 0.880. The Labute approximate surface area is 176 Å². The van der Waals surface area contributed by atoms with Crippen molar-refractivity contribution in [3.63, 3.8) is 0 Å². The number of carbonyl (C=O) groups excluding carboxylic acids is 1. The van der Waals surface area contributed by atoms with Gasteiger partial charge in [0.1, 0.15) is 0 Å². The monoisotopic (exact) mass is 397 g/mol. The highest BCUT2D eigenvalue weighted by Gasteiger charge is 2.18. The van der Waals surface area contributed by atoms with Gasteiger partial charge in [0.2, 0.25) is 0 Å². The van der Waals surface area contributed by atoms with Crippen LogP contribution in [0.1, 0.15) is 122 Å². The third-order valence-corrected chi connectivity index (χ3v) is 5.40. The van der Waals surface area contributed by atoms with E-state index in [-0.39, 0.29) is 5.48 Å². The van der Waals surface area contributed by atoms with Gasteiger partial charge in [-0.1, -0.05) is 96.1 Å². The Bertz CT molecular complexity index is 358. The molecular weight excluding hydrogens is 346 g/mol. The molecule has 0 aliphatic carbocycles. The maximum absolute atomic E-state index is 11.8. The van der Waals surface area contributed by atoms with Crippen LogP contribution >= 0.6 is 0 Å². The van der Waals surface area contributed by atoms with Crippen molar-refractivity contribution in [1.82, 2.24) is 0 Å². The zero-order chi connectivity index (χ0) is 20.2. The number of hydrogen-bond acceptors (Lipinski definition) is 2. The van der Waals surface area contributed by atoms with Gasteiger partial charge in [-0.15, -0.1) is 0 Å². The van der Waals surface area contributed by atoms with Gasteiger partial charge < -0.3 is 5.48 Å². The Morgan fingerprint density at radius 2 is 0.964 bits per heavy atom. The average molecular weight is 398 g/mol. The second-order valence-corrected chi connectivity index (χ2v) is 9.15. The molecule has 0 bridgehead atoms. The van der Waals surface area contributed by atoms with E-state index in [2.05, 4.69) is 19.1 Å². The van der Waals surface area contributed by atoms with E-state index in [0.29, 0.717) is 10.4 Å². The van der Waals surface area contributed by atoms with Crippen LogP contribution in [-0.2, 0) is 4.79 Å². The number of allylic oxidation sites excluding steroid dienone is 2. The number of nitrogens with zero attached hydrogens (tertiary/aromatic N) is 1. The van der Waals surface area contributed by atoms with Gasteiger partial charge in [-0.25, -0.2) is 4.79 Å². The van der Waals surface area contributed by atoms with E-state index >= 15 is 0 Å². The molecule has 0 aliphatic heterocycles. The number of quaternary nitrogens is 1. The Hall–Kier alpha value is -0.670. The molecule has 0 spiro atoms. The summed E-state index contributed by atoms with van der Waals surface area (Å²) < 4.78 is 0.467. The molecule has 1 N–H and O–H groups in total. The number of carbonyl (C=O) groups is 1. The molecule has 0 aromatic rings. The van der Waals surface area contributed by atoms with Crippen LogP contribution in [0.25, 0.3) is 0 Å². The van der Waals surface area contributed by atoms with Crippen molar-refractivity contribution >= 4 is 5.91 Å². The number of rotatable bonds is 19. The summed E-state index contributed by atoms with van der Waals surface area (Å²) in [6, 6.07) is 0. The zero-order valence-electron chi connectivity index (χ0n) is 19.7. The molecule has 3 nitrogen and oxygen atoms in total. The zero-order valence-corrected chi connectivity index (χ0v) is 19.7. The predicted octanol–water partition coefficient (Wildman–Crippen LogP) is 7.64. The minimum atomic E-state index is 0. The molecule has 3 heteroatoms. The molecule has 0 aromatic heterocycles. The first-order valence-corrected chi connectivity index (χ1v) is 12.0. The van der Waals surface area contributed by atoms with E-state index in [1.54, 1.807) is 0 Å². The fourth-order valence-corrected chi connectivity index (χ4v) is 3.39. The number of amides is 1. The summed E-state index contributed by atoms with van der Waals surface area (Å²) in [6.45, 7) is 2.28. The number of unbranched alkanes of at least 4 members (excludes halogenated alkanes) is 15. The predicted molar refractivity (Wildman–Crippen MR) is 123 cm³/mol. The molecule has 0 saturated carbocycles. The van der Waals surface area contributed by atoms with Crippen LogP contribution in [0.5, 0.6) is 0 Å². The molecule has 0 aliphatic rings. The maximum atomic E-state index is 11.8. The number of hydrogen-bond donors (Lipinski definition) is 0. The van der Waals surface area contributed by atoms with Gasteiger partial charge in [0.15, 0.2) is 0 Å². The summed E-state index contributed by atoms with van der Waals surface area (Å²) in [7, 11) is 5.90. The second-order valence-electron chi connectivity index (χ2n) is 9.15. The highest BCUT2D eigenvalue weighted by atomic mass is 16.2. The Kier molecular flexibility index (Phi) is 22.2. The van der Waals surface area contributed by atoms with Crippen LogP contribution < -0.4 is 0 Å². The van der Waals surface area contributed by atoms with Crippen molar-refractivity contribution in [1.29, 1.82) is 0 Å². The minimum Gasteiger partial charge on any atom is -0.870 e. The van der Waals surface area contributed by atoms with Gasteiger partial charge in [-0.3, -0.25) is 4.48 Å². The van der Waals surface area contributed by atoms with E-state index in [0.717, 1.165) is 12.8 Å². The Morgan fingerprint density at radius 3 is 1.36 bits per heavy atom. The summed E-state index contributed by atoms with van der Waals surface area (Å²) in [5.74, 6) is 0.357. The minimum absolute atomic E-state index is 0. The van der Waals surface area contributed by atoms with Crippen LogP contribution in [0.4, 0.5) is 0 Å². The van der Waals surface area contributed by atoms with Gasteiger partial charge >= 0.3 is 5.91 Å². The maximum Gasteiger partial charge on any atom is 0.313 e. The largest absolute Gasteiger partial charge is 0.870 e. The lowest BCUT2D eigenvalue weighted by atomic mass is 10.1. The lowest BCUT2D eigenvalue weighted by molar-refractivity contribution is -0.792. The molecule has 0 rings (SSSR count). The Morgan fingerprint density at radius 1 is 0.607 bits per heavy atom. The van der Waals surface area contributed by atoms with Gasteiger partial charge in [0, 0.05) is 0 Å². The summed E-state index contributed by atoms with van der Waals surface area (Å²) in [6.07, 6.45) is 28.4. The van der Waals surface area contributed by atoms with Crippen molar-refractivity contribution in [2.45, 2.75) is 122 Å². The first-order valence-electron chi connectivity index (χ1n) is 12.0. The molecular formula is C25H51NO2.